The second-order valence-corrected chi connectivity index (χ2v) is 8.06. The Hall–Kier alpha value is -1.79. The number of benzene rings is 1. The summed E-state index contributed by atoms with van der Waals surface area (Å²) < 4.78 is 0. The Balaban J connectivity index is 1.74. The zero-order valence-electron chi connectivity index (χ0n) is 17.6. The van der Waals surface area contributed by atoms with Gasteiger partial charge in [0, 0.05) is 44.3 Å². The van der Waals surface area contributed by atoms with Gasteiger partial charge >= 0.3 is 0 Å². The summed E-state index contributed by atoms with van der Waals surface area (Å²) in [5, 5.41) is 4.12. The van der Waals surface area contributed by atoms with Gasteiger partial charge in [0.05, 0.1) is 6.54 Å². The first-order valence-electron chi connectivity index (χ1n) is 10.1. The van der Waals surface area contributed by atoms with Crippen LogP contribution in [0, 0.1) is 0 Å². The maximum Gasteiger partial charge on any atom is 0.242 e. The van der Waals surface area contributed by atoms with Crippen molar-refractivity contribution >= 4 is 23.5 Å². The lowest BCUT2D eigenvalue weighted by Gasteiger charge is -2.36. The summed E-state index contributed by atoms with van der Waals surface area (Å²) in [6, 6.07) is 8.25. The molecule has 1 fully saturated rings. The molecule has 6 nitrogen and oxygen atoms in total. The monoisotopic (exact) mass is 407 g/mol. The molecule has 0 atom stereocenters. The minimum Gasteiger partial charge on any atom is -0.356 e. The highest BCUT2D eigenvalue weighted by Crippen LogP contribution is 2.13. The number of carbonyl (C=O) groups is 1. The van der Waals surface area contributed by atoms with Crippen LogP contribution < -0.4 is 5.32 Å². The number of carbonyl (C=O) groups excluding carboxylic acids is 1. The number of hydrogen-bond donors (Lipinski definition) is 1. The van der Waals surface area contributed by atoms with Crippen LogP contribution in [0.15, 0.2) is 29.3 Å². The average Bonchev–Trinajstić information content (AvgIpc) is 2.67. The van der Waals surface area contributed by atoms with Gasteiger partial charge in [-0.25, -0.2) is 0 Å². The van der Waals surface area contributed by atoms with Crippen LogP contribution in [0.4, 0.5) is 0 Å². The molecule has 7 heteroatoms. The molecule has 0 unspecified atom stereocenters. The molecule has 1 aromatic carbocycles. The molecule has 0 saturated carbocycles. The van der Waals surface area contributed by atoms with E-state index in [4.69, 9.17) is 11.6 Å². The molecule has 1 amide bonds. The largest absolute Gasteiger partial charge is 0.356 e. The number of nitrogens with zero attached hydrogens (tertiary/aromatic N) is 4. The molecule has 1 N–H and O–H groups in total. The number of unbranched alkanes of at least 4 members (excludes halogenated alkanes) is 1. The van der Waals surface area contributed by atoms with Crippen molar-refractivity contribution in [3.8, 4) is 0 Å². The summed E-state index contributed by atoms with van der Waals surface area (Å²) in [5.74, 6) is 0.944. The van der Waals surface area contributed by atoms with E-state index in [2.05, 4.69) is 36.1 Å². The van der Waals surface area contributed by atoms with Crippen LogP contribution in [-0.4, -0.2) is 79.4 Å². The summed E-state index contributed by atoms with van der Waals surface area (Å²) in [7, 11) is 3.94. The summed E-state index contributed by atoms with van der Waals surface area (Å²) in [4.78, 5) is 23.2. The Morgan fingerprint density at radius 2 is 1.96 bits per heavy atom. The van der Waals surface area contributed by atoms with Gasteiger partial charge in [-0.05, 0) is 58.0 Å². The van der Waals surface area contributed by atoms with Crippen LogP contribution >= 0.6 is 11.6 Å². The number of rotatable bonds is 8. The molecule has 28 heavy (non-hydrogen) atoms. The molecule has 1 aliphatic heterocycles. The highest BCUT2D eigenvalue weighted by atomic mass is 35.5. The molecule has 0 radical (unpaired) electrons. The van der Waals surface area contributed by atoms with Gasteiger partial charge < -0.3 is 20.0 Å². The molecule has 0 aromatic heterocycles. The van der Waals surface area contributed by atoms with E-state index in [-0.39, 0.29) is 5.91 Å². The molecule has 1 heterocycles. The summed E-state index contributed by atoms with van der Waals surface area (Å²) in [6.45, 7) is 8.87. The summed E-state index contributed by atoms with van der Waals surface area (Å²) >= 11 is 5.93. The molecular formula is C21H34ClN5O. The van der Waals surface area contributed by atoms with Gasteiger partial charge in [-0.2, -0.15) is 0 Å². The normalized spacial score (nSPS) is 15.7. The van der Waals surface area contributed by atoms with Crippen molar-refractivity contribution in [1.29, 1.82) is 0 Å². The number of piperazine rings is 1. The minimum absolute atomic E-state index is 0.128. The molecule has 156 valence electrons. The number of aliphatic imine (C=N–C) groups is 1. The zero-order chi connectivity index (χ0) is 20.5. The quantitative estimate of drug-likeness (QED) is 0.409. The Kier molecular flexibility index (Phi) is 9.06. The van der Waals surface area contributed by atoms with Gasteiger partial charge in [-0.1, -0.05) is 23.7 Å². The van der Waals surface area contributed by atoms with E-state index < -0.39 is 0 Å². The summed E-state index contributed by atoms with van der Waals surface area (Å²) in [6.07, 6.45) is 2.23. The first-order valence-corrected chi connectivity index (χ1v) is 10.5. The van der Waals surface area contributed by atoms with E-state index in [0.29, 0.717) is 30.7 Å². The molecule has 0 bridgehead atoms. The van der Waals surface area contributed by atoms with Crippen molar-refractivity contribution in [2.45, 2.75) is 39.3 Å². The lowest BCUT2D eigenvalue weighted by atomic mass is 10.2. The molecule has 0 aliphatic carbocycles. The maximum atomic E-state index is 12.6. The van der Waals surface area contributed by atoms with Crippen molar-refractivity contribution in [3.05, 3.63) is 34.9 Å². The maximum absolute atomic E-state index is 12.6. The van der Waals surface area contributed by atoms with Crippen molar-refractivity contribution in [1.82, 2.24) is 20.0 Å². The lowest BCUT2D eigenvalue weighted by molar-refractivity contribution is -0.135. The number of halogens is 1. The first-order chi connectivity index (χ1) is 13.4. The minimum atomic E-state index is 0.128. The fraction of sp³-hybridized carbons (Fsp3) is 0.619. The van der Waals surface area contributed by atoms with Gasteiger partial charge in [0.2, 0.25) is 5.91 Å². The Bertz CT molecular complexity index is 647. The van der Waals surface area contributed by atoms with Gasteiger partial charge in [-0.15, -0.1) is 0 Å². The van der Waals surface area contributed by atoms with E-state index in [1.54, 1.807) is 7.05 Å². The van der Waals surface area contributed by atoms with Crippen LogP contribution in [0.1, 0.15) is 32.3 Å². The first kappa shape index (κ1) is 22.5. The van der Waals surface area contributed by atoms with Crippen LogP contribution in [0.25, 0.3) is 0 Å². The van der Waals surface area contributed by atoms with E-state index in [0.717, 1.165) is 44.0 Å². The van der Waals surface area contributed by atoms with Crippen molar-refractivity contribution in [2.24, 2.45) is 4.99 Å². The van der Waals surface area contributed by atoms with E-state index in [9.17, 15) is 4.79 Å². The van der Waals surface area contributed by atoms with E-state index in [1.165, 1.54) is 0 Å². The van der Waals surface area contributed by atoms with E-state index in [1.807, 2.05) is 34.1 Å². The fourth-order valence-corrected chi connectivity index (χ4v) is 3.27. The third kappa shape index (κ3) is 6.99. The topological polar surface area (TPSA) is 51.2 Å². The van der Waals surface area contributed by atoms with Crippen LogP contribution in [0.5, 0.6) is 0 Å². The van der Waals surface area contributed by atoms with Crippen LogP contribution in [-0.2, 0) is 11.3 Å². The number of nitrogens with one attached hydrogen (secondary N) is 1. The predicted octanol–water partition coefficient (Wildman–Crippen LogP) is 2.68. The third-order valence-electron chi connectivity index (χ3n) is 5.22. The highest BCUT2D eigenvalue weighted by molar-refractivity contribution is 6.30. The number of hydrogen-bond acceptors (Lipinski definition) is 3. The van der Waals surface area contributed by atoms with Crippen LogP contribution in [0.2, 0.25) is 5.02 Å². The SMILES string of the molecule is CN=C(NCCCCN(C)C(C)C)N1CCN(Cc2ccc(Cl)cc2)C(=O)C1. The predicted molar refractivity (Wildman–Crippen MR) is 117 cm³/mol. The molecular weight excluding hydrogens is 374 g/mol. The summed E-state index contributed by atoms with van der Waals surface area (Å²) in [5.41, 5.74) is 1.10. The van der Waals surface area contributed by atoms with E-state index >= 15 is 0 Å². The number of guanidine groups is 1. The third-order valence-corrected chi connectivity index (χ3v) is 5.47. The molecule has 1 aromatic rings. The zero-order valence-corrected chi connectivity index (χ0v) is 18.4. The molecule has 2 rings (SSSR count). The van der Waals surface area contributed by atoms with Crippen molar-refractivity contribution in [2.75, 3.05) is 46.8 Å². The molecule has 1 aliphatic rings. The smallest absolute Gasteiger partial charge is 0.242 e. The highest BCUT2D eigenvalue weighted by Gasteiger charge is 2.25. The Morgan fingerprint density at radius 1 is 1.25 bits per heavy atom. The second-order valence-electron chi connectivity index (χ2n) is 7.62. The molecule has 1 saturated heterocycles. The van der Waals surface area contributed by atoms with Gasteiger partial charge in [-0.3, -0.25) is 9.79 Å². The fourth-order valence-electron chi connectivity index (χ4n) is 3.14. The van der Waals surface area contributed by atoms with Gasteiger partial charge in [0.25, 0.3) is 0 Å². The van der Waals surface area contributed by atoms with Crippen molar-refractivity contribution < 1.29 is 4.79 Å². The second kappa shape index (κ2) is 11.3. The standard InChI is InChI=1S/C21H34ClN5O/c1-17(2)25(4)12-6-5-11-24-21(23-3)27-14-13-26(20(28)16-27)15-18-7-9-19(22)10-8-18/h7-10,17H,5-6,11-16H2,1-4H3,(H,23,24). The number of amides is 1. The molecule has 0 spiro atoms. The van der Waals surface area contributed by atoms with Crippen LogP contribution in [0.3, 0.4) is 0 Å². The Morgan fingerprint density at radius 3 is 2.57 bits per heavy atom. The van der Waals surface area contributed by atoms with Gasteiger partial charge in [0.15, 0.2) is 5.96 Å². The lowest BCUT2D eigenvalue weighted by Crippen LogP contribution is -2.55. The average molecular weight is 408 g/mol. The van der Waals surface area contributed by atoms with Gasteiger partial charge in [0.1, 0.15) is 0 Å². The Labute approximate surface area is 174 Å². The van der Waals surface area contributed by atoms with Crippen molar-refractivity contribution in [3.63, 3.8) is 0 Å².